The maximum Gasteiger partial charge on any atom is 0.407 e. The van der Waals surface area contributed by atoms with E-state index in [2.05, 4.69) is 12.2 Å². The summed E-state index contributed by atoms with van der Waals surface area (Å²) in [5.74, 6) is -4.09. The third-order valence-electron chi connectivity index (χ3n) is 11.0. The Balaban J connectivity index is 2.76. The highest BCUT2D eigenvalue weighted by molar-refractivity contribution is 5.83. The lowest BCUT2D eigenvalue weighted by Crippen LogP contribution is -2.61. The molecule has 13 nitrogen and oxygen atoms in total. The van der Waals surface area contributed by atoms with Crippen LogP contribution in [0.1, 0.15) is 101 Å². The monoisotopic (exact) mass is 716 g/mol. The predicted molar refractivity (Wildman–Crippen MR) is 188 cm³/mol. The van der Waals surface area contributed by atoms with Crippen LogP contribution in [-0.2, 0) is 38.0 Å². The Morgan fingerprint density at radius 2 is 1.66 bits per heavy atom. The number of nitrogens with one attached hydrogen (secondary N) is 1. The smallest absolute Gasteiger partial charge is 0.407 e. The first kappa shape index (κ1) is 44.3. The first-order valence-electron chi connectivity index (χ1n) is 18.4. The second-order valence-electron chi connectivity index (χ2n) is 15.3. The van der Waals surface area contributed by atoms with Gasteiger partial charge in [-0.2, -0.15) is 0 Å². The van der Waals surface area contributed by atoms with Crippen LogP contribution in [0.25, 0.3) is 0 Å². The van der Waals surface area contributed by atoms with Gasteiger partial charge in [0, 0.05) is 44.6 Å². The number of hydrogen-bond donors (Lipinski definition) is 3. The molecule has 2 heterocycles. The van der Waals surface area contributed by atoms with Crippen LogP contribution in [0.15, 0.2) is 0 Å². The van der Waals surface area contributed by atoms with Crippen LogP contribution in [0.3, 0.4) is 0 Å². The van der Waals surface area contributed by atoms with E-state index >= 15 is 0 Å². The minimum Gasteiger partial charge on any atom is -0.459 e. The molecule has 14 atom stereocenters. The van der Waals surface area contributed by atoms with Gasteiger partial charge in [-0.1, -0.05) is 47.5 Å². The van der Waals surface area contributed by atoms with Crippen molar-refractivity contribution in [1.29, 1.82) is 0 Å². The fourth-order valence-electron chi connectivity index (χ4n) is 7.94. The number of likely N-dealkylation sites (N-methyl/N-ethyl adjacent to an activating group) is 1. The SMILES string of the molecule is CCCCCNC(=O)O[C@H]1[C@H](C)[C@@H](O[C@@H]2O[C@H](C)C[C@H](N(C)C)[C@H]2O)[C@](C)(OC)C[C@@H](C)C(=O)[C@@H](C)[C@@H](OC)[C@](C)(O)[C@@H](CC)OC(=O)[C@@H]1C. The molecule has 2 aliphatic heterocycles. The van der Waals surface area contributed by atoms with Gasteiger partial charge in [0.1, 0.15) is 29.7 Å². The number of esters is 1. The number of methoxy groups -OCH3 is 2. The van der Waals surface area contributed by atoms with Crippen molar-refractivity contribution in [3.8, 4) is 0 Å². The van der Waals surface area contributed by atoms with Crippen molar-refractivity contribution in [3.05, 3.63) is 0 Å². The average Bonchev–Trinajstić information content (AvgIpc) is 3.06. The maximum atomic E-state index is 14.1. The Morgan fingerprint density at radius 1 is 1.02 bits per heavy atom. The second kappa shape index (κ2) is 19.3. The molecule has 2 fully saturated rings. The van der Waals surface area contributed by atoms with E-state index in [9.17, 15) is 24.6 Å². The minimum atomic E-state index is -1.74. The Bertz CT molecular complexity index is 1090. The molecule has 292 valence electrons. The lowest BCUT2D eigenvalue weighted by atomic mass is 9.73. The molecular weight excluding hydrogens is 648 g/mol. The number of cyclic esters (lactones) is 1. The molecule has 2 aliphatic rings. The summed E-state index contributed by atoms with van der Waals surface area (Å²) in [5, 5.41) is 26.1. The number of alkyl carbamates (subject to hydrolysis) is 1. The molecule has 0 aromatic carbocycles. The highest BCUT2D eigenvalue weighted by atomic mass is 16.7. The van der Waals surface area contributed by atoms with Gasteiger partial charge in [0.05, 0.1) is 29.8 Å². The first-order chi connectivity index (χ1) is 23.3. The molecule has 50 heavy (non-hydrogen) atoms. The number of carbonyl (C=O) groups excluding carboxylic acids is 3. The summed E-state index contributed by atoms with van der Waals surface area (Å²) < 4.78 is 36.9. The van der Waals surface area contributed by atoms with Crippen LogP contribution in [0.2, 0.25) is 0 Å². The van der Waals surface area contributed by atoms with Crippen molar-refractivity contribution in [2.75, 3.05) is 34.9 Å². The number of amides is 1. The van der Waals surface area contributed by atoms with E-state index in [-0.39, 0.29) is 30.8 Å². The summed E-state index contributed by atoms with van der Waals surface area (Å²) in [6, 6.07) is -0.271. The number of aliphatic hydroxyl groups excluding tert-OH is 1. The number of nitrogens with zero attached hydrogens (tertiary/aromatic N) is 1. The molecule has 0 saturated carbocycles. The number of rotatable bonds is 11. The van der Waals surface area contributed by atoms with Gasteiger partial charge in [0.2, 0.25) is 0 Å². The maximum absolute atomic E-state index is 14.1. The molecule has 13 heteroatoms. The molecule has 1 amide bonds. The minimum absolute atomic E-state index is 0.154. The Morgan fingerprint density at radius 3 is 2.20 bits per heavy atom. The van der Waals surface area contributed by atoms with Crippen LogP contribution >= 0.6 is 0 Å². The van der Waals surface area contributed by atoms with Gasteiger partial charge < -0.3 is 48.9 Å². The number of ketones is 1. The molecule has 0 aromatic rings. The van der Waals surface area contributed by atoms with Gasteiger partial charge in [-0.25, -0.2) is 4.79 Å². The van der Waals surface area contributed by atoms with E-state index in [0.29, 0.717) is 13.0 Å². The van der Waals surface area contributed by atoms with Gasteiger partial charge in [0.25, 0.3) is 0 Å². The molecule has 0 aliphatic carbocycles. The fourth-order valence-corrected chi connectivity index (χ4v) is 7.94. The van der Waals surface area contributed by atoms with E-state index in [1.54, 1.807) is 41.5 Å². The summed E-state index contributed by atoms with van der Waals surface area (Å²) in [4.78, 5) is 43.3. The molecule has 2 saturated heterocycles. The second-order valence-corrected chi connectivity index (χ2v) is 15.3. The van der Waals surface area contributed by atoms with E-state index in [1.165, 1.54) is 21.1 Å². The zero-order chi connectivity index (χ0) is 38.1. The summed E-state index contributed by atoms with van der Waals surface area (Å²) in [5.41, 5.74) is -2.96. The fraction of sp³-hybridized carbons (Fsp3) is 0.919. The largest absolute Gasteiger partial charge is 0.459 e. The molecular formula is C37H68N2O11. The number of unbranched alkanes of at least 4 members (excludes halogenated alkanes) is 2. The number of aliphatic hydroxyl groups is 2. The van der Waals surface area contributed by atoms with Gasteiger partial charge in [0.15, 0.2) is 6.29 Å². The average molecular weight is 717 g/mol. The van der Waals surface area contributed by atoms with Gasteiger partial charge in [-0.3, -0.25) is 9.59 Å². The van der Waals surface area contributed by atoms with E-state index in [0.717, 1.165) is 19.3 Å². The van der Waals surface area contributed by atoms with Crippen molar-refractivity contribution < 1.29 is 53.0 Å². The van der Waals surface area contributed by atoms with Gasteiger partial charge >= 0.3 is 12.1 Å². The Labute approximate surface area is 300 Å². The van der Waals surface area contributed by atoms with Crippen LogP contribution in [0, 0.1) is 23.7 Å². The van der Waals surface area contributed by atoms with Crippen LogP contribution in [-0.4, -0.2) is 128 Å². The summed E-state index contributed by atoms with van der Waals surface area (Å²) >= 11 is 0. The number of Topliss-reactive ketones (excluding diaryl/α,β-unsaturated/α-hetero) is 1. The third-order valence-corrected chi connectivity index (χ3v) is 11.0. The lowest BCUT2D eigenvalue weighted by Gasteiger charge is -2.48. The Kier molecular flexibility index (Phi) is 17.1. The van der Waals surface area contributed by atoms with Crippen molar-refractivity contribution in [2.45, 2.75) is 161 Å². The van der Waals surface area contributed by atoms with Crippen molar-refractivity contribution >= 4 is 17.8 Å². The molecule has 0 bridgehead atoms. The van der Waals surface area contributed by atoms with E-state index < -0.39 is 83.7 Å². The summed E-state index contributed by atoms with van der Waals surface area (Å²) in [6.45, 7) is 16.3. The number of ether oxygens (including phenoxy) is 6. The Hall–Kier alpha value is -1.87. The van der Waals surface area contributed by atoms with Crippen molar-refractivity contribution in [3.63, 3.8) is 0 Å². The van der Waals surface area contributed by atoms with Crippen molar-refractivity contribution in [1.82, 2.24) is 10.2 Å². The molecule has 3 N–H and O–H groups in total. The molecule has 0 radical (unpaired) electrons. The molecule has 0 aromatic heterocycles. The standard InChI is InChI=1S/C37H68N2O11/c1-14-16-17-18-38-35(43)49-30-24(6)31(50-34-29(41)26(39(10)11)19-22(4)47-34)36(8,46-13)20-21(3)28(40)23(5)32(45-12)37(9,44)27(15-2)48-33(42)25(30)7/h21-27,29-32,34,41,44H,14-20H2,1-13H3,(H,38,43)/t21-,22-,23-,24+,25-,26+,27-,29-,30+,31-,32-,34+,36-,37-/m1/s1. The summed E-state index contributed by atoms with van der Waals surface area (Å²) in [6.07, 6.45) is -3.60. The lowest BCUT2D eigenvalue weighted by molar-refractivity contribution is -0.301. The third kappa shape index (κ3) is 10.6. The normalized spacial score (nSPS) is 41.0. The molecule has 0 spiro atoms. The van der Waals surface area contributed by atoms with Crippen LogP contribution in [0.5, 0.6) is 0 Å². The zero-order valence-corrected chi connectivity index (χ0v) is 32.9. The molecule has 2 rings (SSSR count). The van der Waals surface area contributed by atoms with Crippen molar-refractivity contribution in [2.24, 2.45) is 23.7 Å². The van der Waals surface area contributed by atoms with Gasteiger partial charge in [-0.05, 0) is 67.5 Å². The highest BCUT2D eigenvalue weighted by Crippen LogP contribution is 2.40. The number of hydrogen-bond acceptors (Lipinski definition) is 12. The van der Waals surface area contributed by atoms with Crippen LogP contribution in [0.4, 0.5) is 4.79 Å². The first-order valence-corrected chi connectivity index (χ1v) is 18.4. The summed E-state index contributed by atoms with van der Waals surface area (Å²) in [7, 11) is 6.69. The zero-order valence-electron chi connectivity index (χ0n) is 32.9. The number of carbonyl (C=O) groups is 3. The highest BCUT2D eigenvalue weighted by Gasteiger charge is 2.53. The topological polar surface area (TPSA) is 162 Å². The molecule has 0 unspecified atom stereocenters. The van der Waals surface area contributed by atoms with E-state index in [1.807, 2.05) is 25.9 Å². The predicted octanol–water partition coefficient (Wildman–Crippen LogP) is 4.09. The van der Waals surface area contributed by atoms with Gasteiger partial charge in [-0.15, -0.1) is 0 Å². The van der Waals surface area contributed by atoms with E-state index in [4.69, 9.17) is 28.4 Å². The van der Waals surface area contributed by atoms with Crippen LogP contribution < -0.4 is 5.32 Å². The quantitative estimate of drug-likeness (QED) is 0.208.